The number of aliphatic carboxylic acids is 1. The number of nitrogens with zero attached hydrogens (tertiary/aromatic N) is 8. The largest absolute Gasteiger partial charge is 0.481 e. The fraction of sp³-hybridized carbons (Fsp3) is 0.311. The summed E-state index contributed by atoms with van der Waals surface area (Å²) in [5.74, 6) is -0.954. The molecule has 5 aliphatic rings. The van der Waals surface area contributed by atoms with Gasteiger partial charge in [-0.25, -0.2) is 47.1 Å². The Morgan fingerprint density at radius 3 is 0.969 bits per heavy atom. The second-order valence-electron chi connectivity index (χ2n) is 30.0. The SMILES string of the molecule is COC(=O)C1CCN(S(=O)(=O)c2ccc(-c3ccccn3)cc2)CC1.COC(=O)C1CCN(S(=O)(=O)c2ccc(I)cc2)CC1.COC(=O)C1CCNCC1.Nc1ccccc1N.O=C(O)C1CCN(S(=O)(=O)c2ccc(-c3ccccn3)cc2)CC1.O=S(=O)(Cl)c1ccc(I)cc1.O=S(=O)(c1ccc(-c2ccccn2)cc1)N1CCC(c2nc3ccccc3[nH]2)CC1. The van der Waals surface area contributed by atoms with Gasteiger partial charge in [0.25, 0.3) is 9.05 Å². The maximum Gasteiger partial charge on any atom is 0.308 e. The van der Waals surface area contributed by atoms with Crippen molar-refractivity contribution in [2.75, 3.05) is 98.2 Å². The molecule has 0 aliphatic carbocycles. The van der Waals surface area contributed by atoms with Crippen molar-refractivity contribution in [1.29, 1.82) is 0 Å². The molecule has 5 aliphatic heterocycles. The van der Waals surface area contributed by atoms with E-state index < -0.39 is 61.0 Å². The predicted molar refractivity (Wildman–Crippen MR) is 506 cm³/mol. The molecule has 7 aromatic carbocycles. The lowest BCUT2D eigenvalue weighted by Crippen LogP contribution is -2.40. The van der Waals surface area contributed by atoms with Gasteiger partial charge in [0.05, 0.1) is 109 Å². The summed E-state index contributed by atoms with van der Waals surface area (Å²) in [4.78, 5) is 67.0. The fourth-order valence-corrected chi connectivity index (χ4v) is 21.8. The van der Waals surface area contributed by atoms with Crippen LogP contribution in [-0.2, 0) is 82.5 Å². The number of nitrogen functional groups attached to an aromatic ring is 2. The molecular formula is C90H101ClI2N12O18S5. The van der Waals surface area contributed by atoms with Crippen LogP contribution < -0.4 is 16.8 Å². The van der Waals surface area contributed by atoms with Gasteiger partial charge in [-0.2, -0.15) is 17.2 Å². The summed E-state index contributed by atoms with van der Waals surface area (Å²) in [6.45, 7) is 4.70. The number of fused-ring (bicyclic) bond motifs is 1. The van der Waals surface area contributed by atoms with E-state index in [-0.39, 0.29) is 69.4 Å². The van der Waals surface area contributed by atoms with Crippen LogP contribution in [0.2, 0.25) is 0 Å². The lowest BCUT2D eigenvalue weighted by Gasteiger charge is -2.30. The standard InChI is InChI=1S/C23H22N4O2S.C18H20N2O4S.C17H18N2O4S.C13H16INO4S.C7H13NO2.C6H4ClIO2S.C6H8N2/c28-30(29,19-10-8-17(9-11-19)20-5-3-4-14-24-20)27-15-12-18(13-16-27)23-25-21-6-1-2-7-22(21)26-23;1-24-18(21)15-9-12-20(13-10-15)25(22,23)16-7-5-14(6-8-16)17-4-2-3-11-19-17;20-17(21)14-8-11-19(12-9-14)24(22,23)15-6-4-13(5-7-15)16-3-1-2-10-18-16;1-19-13(16)10-6-8-15(9-7-10)20(17,18)12-4-2-11(14)3-5-12;1-10-7(9)6-2-4-8-5-3-6;7-11(9,10)6-3-1-5(8)2-4-6;7-5-3-1-2-4-6(5)8/h1-11,14,18H,12-13,15-16H2,(H,25,26);2-8,11,15H,9-10,12-13H2,1H3;1-7,10,14H,8-9,11-12H2,(H,20,21);2-5,10H,6-9H2,1H3;6,8H,2-5H2,1H3;1-4H;1-4H,7-8H2. The number of pyridine rings is 3. The number of benzene rings is 7. The number of carbonyl (C=O) groups is 4. The Kier molecular flexibility index (Phi) is 37.4. The number of hydrogen-bond acceptors (Lipinski definition) is 24. The molecule has 0 saturated carbocycles. The van der Waals surface area contributed by atoms with Gasteiger partial charge in [-0.05, 0) is 268 Å². The quantitative estimate of drug-likeness (QED) is 0.0186. The van der Waals surface area contributed by atoms with Gasteiger partial charge in [-0.3, -0.25) is 34.1 Å². The van der Waals surface area contributed by atoms with Gasteiger partial charge in [0.1, 0.15) is 5.82 Å². The van der Waals surface area contributed by atoms with Gasteiger partial charge in [-0.15, -0.1) is 0 Å². The highest BCUT2D eigenvalue weighted by molar-refractivity contribution is 14.1. The number of nitrogens with one attached hydrogen (secondary N) is 2. The van der Waals surface area contributed by atoms with Crippen molar-refractivity contribution in [3.05, 3.63) is 256 Å². The molecule has 5 saturated heterocycles. The molecule has 0 bridgehead atoms. The molecule has 11 aromatic rings. The summed E-state index contributed by atoms with van der Waals surface area (Å²) in [6.07, 6.45) is 11.2. The number of hydrogen-bond donors (Lipinski definition) is 5. The first kappa shape index (κ1) is 100. The number of carboxylic acids is 1. The molecule has 30 nitrogen and oxygen atoms in total. The number of para-hydroxylation sites is 4. The molecule has 680 valence electrons. The Labute approximate surface area is 778 Å². The first-order valence-corrected chi connectivity index (χ1v) is 51.2. The number of rotatable bonds is 17. The number of methoxy groups -OCH3 is 3. The minimum absolute atomic E-state index is 0.0542. The van der Waals surface area contributed by atoms with Crippen molar-refractivity contribution in [1.82, 2.24) is 47.5 Å². The van der Waals surface area contributed by atoms with Gasteiger partial charge in [-0.1, -0.05) is 78.9 Å². The molecule has 16 rings (SSSR count). The molecule has 0 radical (unpaired) electrons. The Morgan fingerprint density at radius 1 is 0.383 bits per heavy atom. The molecular weight excluding hydrogens is 1990 g/mol. The molecule has 7 N–H and O–H groups in total. The average molecular weight is 2090 g/mol. The van der Waals surface area contributed by atoms with Crippen LogP contribution in [0.25, 0.3) is 44.8 Å². The summed E-state index contributed by atoms with van der Waals surface area (Å²) in [7, 11) is -8.42. The van der Waals surface area contributed by atoms with E-state index in [1.807, 2.05) is 103 Å². The number of ether oxygens (including phenoxy) is 3. The van der Waals surface area contributed by atoms with Crippen molar-refractivity contribution in [3.63, 3.8) is 0 Å². The van der Waals surface area contributed by atoms with E-state index in [1.54, 1.807) is 132 Å². The highest BCUT2D eigenvalue weighted by Gasteiger charge is 2.37. The topological polar surface area (TPSA) is 431 Å². The van der Waals surface area contributed by atoms with Crippen molar-refractivity contribution >= 4 is 151 Å². The van der Waals surface area contributed by atoms with Gasteiger partial charge in [0.2, 0.25) is 40.1 Å². The zero-order valence-corrected chi connectivity index (χ0v) is 79.6. The van der Waals surface area contributed by atoms with Crippen LogP contribution in [0.4, 0.5) is 11.4 Å². The lowest BCUT2D eigenvalue weighted by atomic mass is 9.97. The normalized spacial score (nSPS) is 16.1. The van der Waals surface area contributed by atoms with E-state index >= 15 is 0 Å². The first-order valence-electron chi connectivity index (χ1n) is 40.9. The number of aromatic nitrogens is 5. The highest BCUT2D eigenvalue weighted by Crippen LogP contribution is 2.34. The third-order valence-corrected chi connectivity index (χ3v) is 32.3. The number of H-pyrrole nitrogens is 1. The molecule has 4 aromatic heterocycles. The van der Waals surface area contributed by atoms with Crippen molar-refractivity contribution in [2.24, 2.45) is 23.7 Å². The van der Waals surface area contributed by atoms with Crippen LogP contribution in [0, 0.1) is 30.8 Å². The third kappa shape index (κ3) is 28.1. The van der Waals surface area contributed by atoms with Crippen molar-refractivity contribution in [3.8, 4) is 33.8 Å². The van der Waals surface area contributed by atoms with E-state index in [1.165, 1.54) is 46.4 Å². The van der Waals surface area contributed by atoms with Crippen molar-refractivity contribution < 1.29 is 80.6 Å². The number of esters is 3. The summed E-state index contributed by atoms with van der Waals surface area (Å²) in [5.41, 5.74) is 19.1. The average Bonchev–Trinajstić information content (AvgIpc) is 1.30. The van der Waals surface area contributed by atoms with Gasteiger partial charge in [0, 0.05) is 111 Å². The minimum Gasteiger partial charge on any atom is -0.481 e. The molecule has 0 spiro atoms. The van der Waals surface area contributed by atoms with E-state index in [2.05, 4.69) is 75.2 Å². The number of aromatic amines is 1. The van der Waals surface area contributed by atoms with Crippen LogP contribution in [0.15, 0.2) is 268 Å². The molecule has 128 heavy (non-hydrogen) atoms. The number of imidazole rings is 1. The van der Waals surface area contributed by atoms with Crippen LogP contribution in [0.3, 0.4) is 0 Å². The number of nitrogens with two attached hydrogens (primary N) is 2. The van der Waals surface area contributed by atoms with Crippen LogP contribution in [0.1, 0.15) is 76.0 Å². The van der Waals surface area contributed by atoms with E-state index in [0.717, 1.165) is 96.5 Å². The first-order chi connectivity index (χ1) is 61.2. The van der Waals surface area contributed by atoms with Crippen LogP contribution in [-0.4, -0.2) is 200 Å². The maximum absolute atomic E-state index is 13.1. The van der Waals surface area contributed by atoms with Gasteiger partial charge < -0.3 is 41.1 Å². The van der Waals surface area contributed by atoms with Gasteiger partial charge >= 0.3 is 23.9 Å². The fourth-order valence-electron chi connectivity index (χ4n) is 14.4. The number of carboxylic acid groups (broad SMARTS) is 1. The molecule has 38 heteroatoms. The number of halogens is 3. The van der Waals surface area contributed by atoms with Crippen LogP contribution >= 0.6 is 55.9 Å². The summed E-state index contributed by atoms with van der Waals surface area (Å²) in [6, 6.07) is 65.5. The second-order valence-corrected chi connectivity index (χ2v) is 42.8. The predicted octanol–water partition coefficient (Wildman–Crippen LogP) is 13.8. The van der Waals surface area contributed by atoms with Gasteiger partial charge in [0.15, 0.2) is 0 Å². The van der Waals surface area contributed by atoms with E-state index in [4.69, 9.17) is 41.7 Å². The Hall–Kier alpha value is -9.76. The van der Waals surface area contributed by atoms with E-state index in [9.17, 15) is 61.3 Å². The van der Waals surface area contributed by atoms with E-state index in [0.29, 0.717) is 99.0 Å². The smallest absolute Gasteiger partial charge is 0.308 e. The van der Waals surface area contributed by atoms with Crippen LogP contribution in [0.5, 0.6) is 0 Å². The molecule has 0 atom stereocenters. The number of piperidine rings is 5. The molecule has 5 fully saturated rings. The zero-order valence-electron chi connectivity index (χ0n) is 70.4. The zero-order chi connectivity index (χ0) is 92.2. The van der Waals surface area contributed by atoms with Crippen molar-refractivity contribution in [2.45, 2.75) is 94.6 Å². The number of sulfonamides is 4. The lowest BCUT2D eigenvalue weighted by molar-refractivity contribution is -0.147. The Bertz CT molecular complexity index is 6010. The molecule has 0 unspecified atom stereocenters. The second kappa shape index (κ2) is 47.7. The summed E-state index contributed by atoms with van der Waals surface area (Å²) < 4.78 is 145. The molecule has 0 amide bonds. The highest BCUT2D eigenvalue weighted by atomic mass is 127. The Morgan fingerprint density at radius 2 is 0.672 bits per heavy atom. The minimum atomic E-state index is -3.59. The monoisotopic (exact) mass is 2090 g/mol. The number of anilines is 2. The summed E-state index contributed by atoms with van der Waals surface area (Å²) in [5, 5.41) is 12.2. The Balaban J connectivity index is 0.000000162. The maximum atomic E-state index is 13.1. The molecule has 9 heterocycles. The third-order valence-electron chi connectivity index (χ3n) is 21.8. The summed E-state index contributed by atoms with van der Waals surface area (Å²) >= 11 is 4.22. The number of carbonyl (C=O) groups excluding carboxylic acids is 3.